The molecule has 0 unspecified atom stereocenters. The summed E-state index contributed by atoms with van der Waals surface area (Å²) in [4.78, 5) is 28.0. The first-order valence-corrected chi connectivity index (χ1v) is 8.00. The van der Waals surface area contributed by atoms with Gasteiger partial charge in [-0.25, -0.2) is 0 Å². The molecule has 126 valence electrons. The van der Waals surface area contributed by atoms with E-state index >= 15 is 0 Å². The Morgan fingerprint density at radius 2 is 1.78 bits per heavy atom. The van der Waals surface area contributed by atoms with E-state index in [1.807, 2.05) is 36.9 Å². The van der Waals surface area contributed by atoms with Gasteiger partial charge >= 0.3 is 0 Å². The van der Waals surface area contributed by atoms with Crippen LogP contribution in [0, 0.1) is 13.8 Å². The Labute approximate surface area is 137 Å². The smallest absolute Gasteiger partial charge is 0.238 e. The van der Waals surface area contributed by atoms with Gasteiger partial charge in [-0.3, -0.25) is 14.5 Å². The third-order valence-electron chi connectivity index (χ3n) is 4.03. The molecule has 6 heteroatoms. The van der Waals surface area contributed by atoms with E-state index in [0.29, 0.717) is 0 Å². The van der Waals surface area contributed by atoms with Crippen LogP contribution < -0.4 is 10.6 Å². The van der Waals surface area contributed by atoms with Crippen LogP contribution >= 0.6 is 0 Å². The van der Waals surface area contributed by atoms with Gasteiger partial charge < -0.3 is 15.5 Å². The van der Waals surface area contributed by atoms with Crippen molar-refractivity contribution in [2.24, 2.45) is 0 Å². The quantitative estimate of drug-likeness (QED) is 0.835. The molecule has 1 fully saturated rings. The van der Waals surface area contributed by atoms with Crippen molar-refractivity contribution in [3.63, 3.8) is 0 Å². The number of carbonyl (C=O) groups is 2. The summed E-state index contributed by atoms with van der Waals surface area (Å²) in [7, 11) is 1.80. The number of nitrogens with one attached hydrogen (secondary N) is 2. The highest BCUT2D eigenvalue weighted by atomic mass is 16.2. The number of amides is 2. The molecule has 2 rings (SSSR count). The van der Waals surface area contributed by atoms with Gasteiger partial charge in [-0.2, -0.15) is 0 Å². The first-order valence-electron chi connectivity index (χ1n) is 8.00. The van der Waals surface area contributed by atoms with Crippen molar-refractivity contribution in [2.75, 3.05) is 51.6 Å². The van der Waals surface area contributed by atoms with Crippen LogP contribution in [0.25, 0.3) is 0 Å². The number of carbonyl (C=O) groups excluding carboxylic acids is 2. The Bertz CT molecular complexity index is 547. The zero-order chi connectivity index (χ0) is 16.8. The number of benzene rings is 1. The number of aryl methyl sites for hydroxylation is 2. The Balaban J connectivity index is 1.83. The minimum Gasteiger partial charge on any atom is -0.339 e. The number of hydrogen-bond acceptors (Lipinski definition) is 4. The van der Waals surface area contributed by atoms with Gasteiger partial charge in [-0.15, -0.1) is 0 Å². The van der Waals surface area contributed by atoms with Gasteiger partial charge in [0.25, 0.3) is 0 Å². The van der Waals surface area contributed by atoms with Crippen molar-refractivity contribution >= 4 is 17.5 Å². The molecular weight excluding hydrogens is 292 g/mol. The summed E-state index contributed by atoms with van der Waals surface area (Å²) in [5, 5.41) is 6.17. The van der Waals surface area contributed by atoms with E-state index in [9.17, 15) is 9.59 Å². The number of piperazine rings is 1. The monoisotopic (exact) mass is 318 g/mol. The zero-order valence-electron chi connectivity index (χ0n) is 14.2. The number of nitrogens with zero attached hydrogens (tertiary/aromatic N) is 2. The first kappa shape index (κ1) is 17.4. The molecule has 1 heterocycles. The summed E-state index contributed by atoms with van der Waals surface area (Å²) in [6, 6.07) is 5.92. The molecule has 1 saturated heterocycles. The summed E-state index contributed by atoms with van der Waals surface area (Å²) >= 11 is 0. The predicted molar refractivity (Wildman–Crippen MR) is 91.5 cm³/mol. The van der Waals surface area contributed by atoms with Gasteiger partial charge in [0.1, 0.15) is 0 Å². The van der Waals surface area contributed by atoms with Crippen LogP contribution in [0.2, 0.25) is 0 Å². The Morgan fingerprint density at radius 3 is 2.39 bits per heavy atom. The van der Waals surface area contributed by atoms with Crippen LogP contribution in [0.1, 0.15) is 11.1 Å². The molecule has 0 aliphatic carbocycles. The Kier molecular flexibility index (Phi) is 6.12. The van der Waals surface area contributed by atoms with Crippen LogP contribution in [0.4, 0.5) is 5.69 Å². The fourth-order valence-corrected chi connectivity index (χ4v) is 2.74. The Hall–Kier alpha value is -1.92. The zero-order valence-corrected chi connectivity index (χ0v) is 14.2. The lowest BCUT2D eigenvalue weighted by Gasteiger charge is -2.29. The van der Waals surface area contributed by atoms with Gasteiger partial charge in [-0.1, -0.05) is 18.2 Å². The van der Waals surface area contributed by atoms with E-state index < -0.39 is 0 Å². The molecular formula is C17H26N4O2. The molecule has 0 spiro atoms. The van der Waals surface area contributed by atoms with E-state index in [-0.39, 0.29) is 24.9 Å². The lowest BCUT2D eigenvalue weighted by Crippen LogP contribution is -2.49. The number of hydrogen-bond donors (Lipinski definition) is 2. The Morgan fingerprint density at radius 1 is 1.17 bits per heavy atom. The summed E-state index contributed by atoms with van der Waals surface area (Å²) < 4.78 is 0. The highest BCUT2D eigenvalue weighted by molar-refractivity contribution is 5.94. The maximum atomic E-state index is 12.2. The summed E-state index contributed by atoms with van der Waals surface area (Å²) in [5.74, 6) is -0.0214. The number of anilines is 1. The minimum absolute atomic E-state index is 0.0777. The molecule has 0 bridgehead atoms. The molecule has 1 aromatic rings. The molecule has 6 nitrogen and oxygen atoms in total. The SMILES string of the molecule is Cc1cccc(C)c1NC(=O)CN(C)CC(=O)N1CCNCC1. The van der Waals surface area contributed by atoms with Gasteiger partial charge in [0.2, 0.25) is 11.8 Å². The molecule has 1 aromatic carbocycles. The van der Waals surface area contributed by atoms with Gasteiger partial charge in [0.05, 0.1) is 13.1 Å². The molecule has 0 atom stereocenters. The normalized spacial score (nSPS) is 14.9. The van der Waals surface area contributed by atoms with Gasteiger partial charge in [0, 0.05) is 31.9 Å². The lowest BCUT2D eigenvalue weighted by atomic mass is 10.1. The van der Waals surface area contributed by atoms with Crippen LogP contribution in [-0.2, 0) is 9.59 Å². The predicted octanol–water partition coefficient (Wildman–Crippen LogP) is 0.606. The highest BCUT2D eigenvalue weighted by Crippen LogP contribution is 2.19. The molecule has 1 aliphatic rings. The van der Waals surface area contributed by atoms with Crippen molar-refractivity contribution < 1.29 is 9.59 Å². The van der Waals surface area contributed by atoms with E-state index in [0.717, 1.165) is 43.0 Å². The molecule has 2 N–H and O–H groups in total. The van der Waals surface area contributed by atoms with Crippen molar-refractivity contribution in [1.82, 2.24) is 15.1 Å². The topological polar surface area (TPSA) is 64.7 Å². The van der Waals surface area contributed by atoms with Gasteiger partial charge in [0.15, 0.2) is 0 Å². The fourth-order valence-electron chi connectivity index (χ4n) is 2.74. The molecule has 23 heavy (non-hydrogen) atoms. The second-order valence-electron chi connectivity index (χ2n) is 6.12. The summed E-state index contributed by atoms with van der Waals surface area (Å²) in [5.41, 5.74) is 2.94. The van der Waals surface area contributed by atoms with Crippen LogP contribution in [0.3, 0.4) is 0 Å². The van der Waals surface area contributed by atoms with Crippen LogP contribution in [0.15, 0.2) is 18.2 Å². The molecule has 1 aliphatic heterocycles. The largest absolute Gasteiger partial charge is 0.339 e. The van der Waals surface area contributed by atoms with E-state index in [1.165, 1.54) is 0 Å². The standard InChI is InChI=1S/C17H26N4O2/c1-13-5-4-6-14(2)17(13)19-15(22)11-20(3)12-16(23)21-9-7-18-8-10-21/h4-6,18H,7-12H2,1-3H3,(H,19,22). The number of para-hydroxylation sites is 1. The molecule has 0 aromatic heterocycles. The van der Waals surface area contributed by atoms with Crippen molar-refractivity contribution in [3.05, 3.63) is 29.3 Å². The van der Waals surface area contributed by atoms with Crippen molar-refractivity contribution in [2.45, 2.75) is 13.8 Å². The van der Waals surface area contributed by atoms with E-state index in [1.54, 1.807) is 11.9 Å². The third-order valence-corrected chi connectivity index (χ3v) is 4.03. The van der Waals surface area contributed by atoms with Crippen molar-refractivity contribution in [1.29, 1.82) is 0 Å². The minimum atomic E-state index is -0.0991. The second kappa shape index (κ2) is 8.08. The molecule has 0 radical (unpaired) electrons. The summed E-state index contributed by atoms with van der Waals surface area (Å²) in [6.07, 6.45) is 0. The van der Waals surface area contributed by atoms with Crippen LogP contribution in [-0.4, -0.2) is 67.9 Å². The molecule has 2 amide bonds. The average molecular weight is 318 g/mol. The maximum Gasteiger partial charge on any atom is 0.238 e. The summed E-state index contributed by atoms with van der Waals surface area (Å²) in [6.45, 7) is 7.56. The third kappa shape index (κ3) is 5.04. The highest BCUT2D eigenvalue weighted by Gasteiger charge is 2.19. The lowest BCUT2D eigenvalue weighted by molar-refractivity contribution is -0.133. The average Bonchev–Trinajstić information content (AvgIpc) is 2.51. The maximum absolute atomic E-state index is 12.2. The molecule has 0 saturated carbocycles. The van der Waals surface area contributed by atoms with Gasteiger partial charge in [-0.05, 0) is 32.0 Å². The number of rotatable bonds is 5. The fraction of sp³-hybridized carbons (Fsp3) is 0.529. The second-order valence-corrected chi connectivity index (χ2v) is 6.12. The van der Waals surface area contributed by atoms with E-state index in [4.69, 9.17) is 0 Å². The van der Waals surface area contributed by atoms with E-state index in [2.05, 4.69) is 10.6 Å². The van der Waals surface area contributed by atoms with Crippen LogP contribution in [0.5, 0.6) is 0 Å². The first-order chi connectivity index (χ1) is 11.0. The van der Waals surface area contributed by atoms with Crippen molar-refractivity contribution in [3.8, 4) is 0 Å². The number of likely N-dealkylation sites (N-methyl/N-ethyl adjacent to an activating group) is 1.